The van der Waals surface area contributed by atoms with Crippen LogP contribution in [-0.4, -0.2) is 23.0 Å². The first-order valence-electron chi connectivity index (χ1n) is 6.40. The Kier molecular flexibility index (Phi) is 5.11. The van der Waals surface area contributed by atoms with E-state index in [9.17, 15) is 14.7 Å². The van der Waals surface area contributed by atoms with Crippen molar-refractivity contribution < 1.29 is 14.7 Å². The van der Waals surface area contributed by atoms with E-state index in [1.54, 1.807) is 24.3 Å². The molecule has 0 saturated heterocycles. The summed E-state index contributed by atoms with van der Waals surface area (Å²) in [6.07, 6.45) is 0.242. The molecule has 0 heterocycles. The number of hydrogen-bond donors (Lipinski definition) is 2. The van der Waals surface area contributed by atoms with Crippen LogP contribution in [0.1, 0.15) is 15.9 Å². The Hall–Kier alpha value is -2.14. The maximum atomic E-state index is 12.2. The molecule has 0 fully saturated rings. The molecule has 0 aliphatic carbocycles. The van der Waals surface area contributed by atoms with Gasteiger partial charge in [-0.15, -0.1) is 0 Å². The first-order chi connectivity index (χ1) is 10.1. The summed E-state index contributed by atoms with van der Waals surface area (Å²) in [6, 6.07) is 15.1. The molecule has 0 bridgehead atoms. The Morgan fingerprint density at radius 3 is 2.29 bits per heavy atom. The first-order valence-corrected chi connectivity index (χ1v) is 7.19. The average Bonchev–Trinajstić information content (AvgIpc) is 2.48. The molecule has 0 radical (unpaired) electrons. The molecular formula is C16H14BrNO3. The van der Waals surface area contributed by atoms with Crippen molar-refractivity contribution >= 4 is 27.8 Å². The summed E-state index contributed by atoms with van der Waals surface area (Å²) >= 11 is 3.28. The Morgan fingerprint density at radius 2 is 1.67 bits per heavy atom. The summed E-state index contributed by atoms with van der Waals surface area (Å²) in [5.41, 5.74) is 1.27. The fraction of sp³-hybridized carbons (Fsp3) is 0.125. The fourth-order valence-corrected chi connectivity index (χ4v) is 2.40. The minimum atomic E-state index is -1.06. The van der Waals surface area contributed by atoms with Gasteiger partial charge in [0.25, 0.3) is 5.91 Å². The van der Waals surface area contributed by atoms with Crippen molar-refractivity contribution in [1.82, 2.24) is 5.32 Å². The highest BCUT2D eigenvalue weighted by molar-refractivity contribution is 9.10. The number of rotatable bonds is 5. The monoisotopic (exact) mass is 347 g/mol. The lowest BCUT2D eigenvalue weighted by atomic mass is 10.1. The van der Waals surface area contributed by atoms with Crippen LogP contribution in [0.25, 0.3) is 0 Å². The number of amides is 1. The molecule has 2 aromatic carbocycles. The third kappa shape index (κ3) is 4.16. The second-order valence-electron chi connectivity index (χ2n) is 4.53. The van der Waals surface area contributed by atoms with Crippen LogP contribution in [0, 0.1) is 0 Å². The largest absolute Gasteiger partial charge is 0.480 e. The van der Waals surface area contributed by atoms with Crippen LogP contribution in [0.4, 0.5) is 0 Å². The number of carbonyl (C=O) groups is 2. The second kappa shape index (κ2) is 7.04. The molecule has 0 saturated carbocycles. The number of carboxylic acid groups (broad SMARTS) is 1. The summed E-state index contributed by atoms with van der Waals surface area (Å²) in [5, 5.41) is 11.8. The van der Waals surface area contributed by atoms with E-state index in [1.807, 2.05) is 30.3 Å². The number of halogens is 1. The molecule has 2 N–H and O–H groups in total. The van der Waals surface area contributed by atoms with Crippen LogP contribution >= 0.6 is 15.9 Å². The summed E-state index contributed by atoms with van der Waals surface area (Å²) < 4.78 is 0.631. The summed E-state index contributed by atoms with van der Waals surface area (Å²) in [4.78, 5) is 23.5. The van der Waals surface area contributed by atoms with Gasteiger partial charge in [-0.05, 0) is 33.6 Å². The van der Waals surface area contributed by atoms with Crippen molar-refractivity contribution in [3.63, 3.8) is 0 Å². The number of benzene rings is 2. The SMILES string of the molecule is O=C(NC(Cc1ccccc1)C(=O)O)c1ccccc1Br. The van der Waals surface area contributed by atoms with Crippen molar-refractivity contribution in [1.29, 1.82) is 0 Å². The van der Waals surface area contributed by atoms with Gasteiger partial charge in [-0.3, -0.25) is 4.79 Å². The quantitative estimate of drug-likeness (QED) is 0.873. The number of carboxylic acids is 1. The number of aliphatic carboxylic acids is 1. The highest BCUT2D eigenvalue weighted by atomic mass is 79.9. The summed E-state index contributed by atoms with van der Waals surface area (Å²) in [5.74, 6) is -1.47. The van der Waals surface area contributed by atoms with E-state index in [0.717, 1.165) is 5.56 Å². The lowest BCUT2D eigenvalue weighted by Crippen LogP contribution is -2.42. The molecule has 21 heavy (non-hydrogen) atoms. The molecular weight excluding hydrogens is 334 g/mol. The topological polar surface area (TPSA) is 66.4 Å². The van der Waals surface area contributed by atoms with E-state index in [4.69, 9.17) is 0 Å². The van der Waals surface area contributed by atoms with Crippen LogP contribution in [-0.2, 0) is 11.2 Å². The lowest BCUT2D eigenvalue weighted by molar-refractivity contribution is -0.139. The second-order valence-corrected chi connectivity index (χ2v) is 5.39. The highest BCUT2D eigenvalue weighted by Gasteiger charge is 2.21. The molecule has 1 amide bonds. The first kappa shape index (κ1) is 15.3. The normalized spacial score (nSPS) is 11.7. The molecule has 1 unspecified atom stereocenters. The zero-order chi connectivity index (χ0) is 15.2. The standard InChI is InChI=1S/C16H14BrNO3/c17-13-9-5-4-8-12(13)15(19)18-14(16(20)21)10-11-6-2-1-3-7-11/h1-9,14H,10H2,(H,18,19)(H,20,21). The van der Waals surface area contributed by atoms with Gasteiger partial charge in [0, 0.05) is 10.9 Å². The Morgan fingerprint density at radius 1 is 1.05 bits per heavy atom. The Labute approximate surface area is 130 Å². The minimum Gasteiger partial charge on any atom is -0.480 e. The van der Waals surface area contributed by atoms with Crippen molar-refractivity contribution in [3.8, 4) is 0 Å². The number of nitrogens with one attached hydrogen (secondary N) is 1. The van der Waals surface area contributed by atoms with E-state index in [-0.39, 0.29) is 6.42 Å². The fourth-order valence-electron chi connectivity index (χ4n) is 1.93. The Bertz CT molecular complexity index is 643. The molecule has 108 valence electrons. The third-order valence-corrected chi connectivity index (χ3v) is 3.70. The van der Waals surface area contributed by atoms with Crippen molar-refractivity contribution in [3.05, 3.63) is 70.2 Å². The predicted molar refractivity (Wildman–Crippen MR) is 83.2 cm³/mol. The van der Waals surface area contributed by atoms with Crippen LogP contribution in [0.2, 0.25) is 0 Å². The van der Waals surface area contributed by atoms with Gasteiger partial charge in [-0.1, -0.05) is 42.5 Å². The molecule has 0 aromatic heterocycles. The van der Waals surface area contributed by atoms with E-state index >= 15 is 0 Å². The molecule has 2 aromatic rings. The van der Waals surface area contributed by atoms with Crippen molar-refractivity contribution in [2.75, 3.05) is 0 Å². The van der Waals surface area contributed by atoms with Gasteiger partial charge in [0.2, 0.25) is 0 Å². The number of hydrogen-bond acceptors (Lipinski definition) is 2. The van der Waals surface area contributed by atoms with Gasteiger partial charge in [-0.2, -0.15) is 0 Å². The van der Waals surface area contributed by atoms with Crippen LogP contribution in [0.15, 0.2) is 59.1 Å². The van der Waals surface area contributed by atoms with E-state index in [2.05, 4.69) is 21.2 Å². The number of carbonyl (C=O) groups excluding carboxylic acids is 1. The van der Waals surface area contributed by atoms with Gasteiger partial charge in [0.1, 0.15) is 6.04 Å². The molecule has 5 heteroatoms. The van der Waals surface area contributed by atoms with Crippen LogP contribution in [0.5, 0.6) is 0 Å². The summed E-state index contributed by atoms with van der Waals surface area (Å²) in [7, 11) is 0. The highest BCUT2D eigenvalue weighted by Crippen LogP contribution is 2.16. The molecule has 0 aliphatic heterocycles. The van der Waals surface area contributed by atoms with Crippen molar-refractivity contribution in [2.45, 2.75) is 12.5 Å². The minimum absolute atomic E-state index is 0.242. The van der Waals surface area contributed by atoms with Gasteiger partial charge in [-0.25, -0.2) is 4.79 Å². The van der Waals surface area contributed by atoms with E-state index < -0.39 is 17.9 Å². The van der Waals surface area contributed by atoms with Crippen LogP contribution < -0.4 is 5.32 Å². The molecule has 2 rings (SSSR count). The predicted octanol–water partition coefficient (Wildman–Crippen LogP) is 2.87. The Balaban J connectivity index is 2.12. The molecule has 0 aliphatic rings. The van der Waals surface area contributed by atoms with E-state index in [1.165, 1.54) is 0 Å². The van der Waals surface area contributed by atoms with Gasteiger partial charge in [0.05, 0.1) is 5.56 Å². The van der Waals surface area contributed by atoms with Gasteiger partial charge < -0.3 is 10.4 Å². The maximum Gasteiger partial charge on any atom is 0.326 e. The maximum absolute atomic E-state index is 12.2. The lowest BCUT2D eigenvalue weighted by Gasteiger charge is -2.15. The molecule has 0 spiro atoms. The zero-order valence-electron chi connectivity index (χ0n) is 11.1. The average molecular weight is 348 g/mol. The smallest absolute Gasteiger partial charge is 0.326 e. The summed E-state index contributed by atoms with van der Waals surface area (Å²) in [6.45, 7) is 0. The van der Waals surface area contributed by atoms with Crippen LogP contribution in [0.3, 0.4) is 0 Å². The molecule has 4 nitrogen and oxygen atoms in total. The molecule has 1 atom stereocenters. The van der Waals surface area contributed by atoms with Gasteiger partial charge in [0.15, 0.2) is 0 Å². The van der Waals surface area contributed by atoms with Gasteiger partial charge >= 0.3 is 5.97 Å². The van der Waals surface area contributed by atoms with Crippen molar-refractivity contribution in [2.24, 2.45) is 0 Å². The van der Waals surface area contributed by atoms with E-state index in [0.29, 0.717) is 10.0 Å². The zero-order valence-corrected chi connectivity index (χ0v) is 12.7. The third-order valence-electron chi connectivity index (χ3n) is 3.00.